The van der Waals surface area contributed by atoms with Crippen LogP contribution in [-0.2, 0) is 10.0 Å². The first-order chi connectivity index (χ1) is 14.4. The van der Waals surface area contributed by atoms with Crippen LogP contribution in [0.5, 0.6) is 17.2 Å². The Balaban J connectivity index is 1.69. The lowest BCUT2D eigenvalue weighted by molar-refractivity contribution is 0.0946. The smallest absolute Gasteiger partial charge is 0.251 e. The third-order valence-electron chi connectivity index (χ3n) is 5.13. The van der Waals surface area contributed by atoms with Gasteiger partial charge in [0.15, 0.2) is 11.5 Å². The summed E-state index contributed by atoms with van der Waals surface area (Å²) < 4.78 is 43.1. The van der Waals surface area contributed by atoms with Crippen LogP contribution in [0.3, 0.4) is 0 Å². The van der Waals surface area contributed by atoms with Gasteiger partial charge in [-0.15, -0.1) is 0 Å². The van der Waals surface area contributed by atoms with E-state index in [2.05, 4.69) is 5.32 Å². The molecule has 0 aromatic heterocycles. The number of rotatable bonds is 8. The zero-order chi connectivity index (χ0) is 21.7. The van der Waals surface area contributed by atoms with E-state index in [1.807, 2.05) is 0 Å². The molecule has 2 aromatic rings. The van der Waals surface area contributed by atoms with Crippen LogP contribution in [0.4, 0.5) is 0 Å². The number of nitrogens with one attached hydrogen (secondary N) is 1. The Hall–Kier alpha value is -2.78. The Kier molecular flexibility index (Phi) is 6.84. The number of nitrogens with zero attached hydrogens (tertiary/aromatic N) is 1. The van der Waals surface area contributed by atoms with Gasteiger partial charge >= 0.3 is 0 Å². The molecule has 8 nitrogen and oxygen atoms in total. The monoisotopic (exact) mass is 434 g/mol. The molecule has 1 aliphatic heterocycles. The van der Waals surface area contributed by atoms with Gasteiger partial charge in [-0.05, 0) is 55.3 Å². The summed E-state index contributed by atoms with van der Waals surface area (Å²) in [6.45, 7) is 0.647. The summed E-state index contributed by atoms with van der Waals surface area (Å²) in [6.07, 6.45) is 1.42. The Morgan fingerprint density at radius 3 is 2.37 bits per heavy atom. The fourth-order valence-corrected chi connectivity index (χ4v) is 5.20. The first-order valence-electron chi connectivity index (χ1n) is 9.57. The second-order valence-electron chi connectivity index (χ2n) is 6.87. The number of amides is 1. The molecule has 1 N–H and O–H groups in total. The Bertz CT molecular complexity index is 991. The van der Waals surface area contributed by atoms with Crippen molar-refractivity contribution in [2.75, 3.05) is 34.4 Å². The van der Waals surface area contributed by atoms with Gasteiger partial charge < -0.3 is 19.5 Å². The van der Waals surface area contributed by atoms with Crippen LogP contribution in [0.15, 0.2) is 47.4 Å². The number of hydrogen-bond donors (Lipinski definition) is 1. The summed E-state index contributed by atoms with van der Waals surface area (Å²) >= 11 is 0. The van der Waals surface area contributed by atoms with Gasteiger partial charge in [0.2, 0.25) is 10.0 Å². The summed E-state index contributed by atoms with van der Waals surface area (Å²) in [5.41, 5.74) is 0.412. The molecule has 0 spiro atoms. The van der Waals surface area contributed by atoms with E-state index < -0.39 is 10.0 Å². The second-order valence-corrected chi connectivity index (χ2v) is 8.76. The topological polar surface area (TPSA) is 94.2 Å². The molecule has 1 saturated heterocycles. The predicted molar refractivity (Wildman–Crippen MR) is 112 cm³/mol. The van der Waals surface area contributed by atoms with E-state index in [1.165, 1.54) is 37.8 Å². The maximum atomic E-state index is 13.1. The molecule has 1 aliphatic rings. The van der Waals surface area contributed by atoms with E-state index in [1.54, 1.807) is 30.3 Å². The molecular weight excluding hydrogens is 408 g/mol. The SMILES string of the molecule is COc1ccc(S(=O)(=O)N2CCC[C@H]2CNC(=O)c2ccc(OC)c(OC)c2)cc1. The average molecular weight is 435 g/mol. The van der Waals surface area contributed by atoms with Crippen molar-refractivity contribution in [1.82, 2.24) is 9.62 Å². The molecule has 1 amide bonds. The van der Waals surface area contributed by atoms with Gasteiger partial charge in [-0.1, -0.05) is 0 Å². The van der Waals surface area contributed by atoms with Crippen LogP contribution in [-0.4, -0.2) is 59.1 Å². The molecule has 9 heteroatoms. The summed E-state index contributed by atoms with van der Waals surface area (Å²) in [4.78, 5) is 12.8. The first kappa shape index (κ1) is 21.9. The lowest BCUT2D eigenvalue weighted by Crippen LogP contribution is -2.43. The van der Waals surface area contributed by atoms with Crippen LogP contribution < -0.4 is 19.5 Å². The highest BCUT2D eigenvalue weighted by Crippen LogP contribution is 2.28. The van der Waals surface area contributed by atoms with Crippen LogP contribution in [0.2, 0.25) is 0 Å². The predicted octanol–water partition coefficient (Wildman–Crippen LogP) is 2.30. The van der Waals surface area contributed by atoms with Gasteiger partial charge in [-0.3, -0.25) is 4.79 Å². The summed E-state index contributed by atoms with van der Waals surface area (Å²) in [5.74, 6) is 1.27. The van der Waals surface area contributed by atoms with Crippen molar-refractivity contribution >= 4 is 15.9 Å². The Morgan fingerprint density at radius 1 is 1.03 bits per heavy atom. The van der Waals surface area contributed by atoms with Crippen molar-refractivity contribution < 1.29 is 27.4 Å². The fraction of sp³-hybridized carbons (Fsp3) is 0.381. The van der Waals surface area contributed by atoms with E-state index in [4.69, 9.17) is 14.2 Å². The number of carbonyl (C=O) groups excluding carboxylic acids is 1. The van der Waals surface area contributed by atoms with Crippen molar-refractivity contribution in [2.24, 2.45) is 0 Å². The highest BCUT2D eigenvalue weighted by Gasteiger charge is 2.35. The van der Waals surface area contributed by atoms with Crippen molar-refractivity contribution in [3.63, 3.8) is 0 Å². The van der Waals surface area contributed by atoms with E-state index >= 15 is 0 Å². The van der Waals surface area contributed by atoms with Crippen molar-refractivity contribution in [3.05, 3.63) is 48.0 Å². The molecule has 1 heterocycles. The second kappa shape index (κ2) is 9.36. The van der Waals surface area contributed by atoms with Gasteiger partial charge in [0.05, 0.1) is 26.2 Å². The Morgan fingerprint density at radius 2 is 1.73 bits per heavy atom. The number of methoxy groups -OCH3 is 3. The third-order valence-corrected chi connectivity index (χ3v) is 7.10. The van der Waals surface area contributed by atoms with E-state index in [0.29, 0.717) is 35.8 Å². The van der Waals surface area contributed by atoms with E-state index in [-0.39, 0.29) is 23.4 Å². The molecule has 162 valence electrons. The van der Waals surface area contributed by atoms with Gasteiger partial charge in [0, 0.05) is 24.7 Å². The van der Waals surface area contributed by atoms with Crippen LogP contribution in [0.25, 0.3) is 0 Å². The fourth-order valence-electron chi connectivity index (χ4n) is 3.50. The quantitative estimate of drug-likeness (QED) is 0.685. The lowest BCUT2D eigenvalue weighted by Gasteiger charge is -2.24. The largest absolute Gasteiger partial charge is 0.497 e. The van der Waals surface area contributed by atoms with Crippen LogP contribution in [0, 0.1) is 0 Å². The molecule has 0 radical (unpaired) electrons. The maximum absolute atomic E-state index is 13.1. The van der Waals surface area contributed by atoms with Gasteiger partial charge in [-0.2, -0.15) is 4.31 Å². The van der Waals surface area contributed by atoms with Gasteiger partial charge in [-0.25, -0.2) is 8.42 Å². The van der Waals surface area contributed by atoms with Gasteiger partial charge in [0.1, 0.15) is 5.75 Å². The van der Waals surface area contributed by atoms with Crippen LogP contribution in [0.1, 0.15) is 23.2 Å². The minimum absolute atomic E-state index is 0.210. The van der Waals surface area contributed by atoms with E-state index in [9.17, 15) is 13.2 Å². The summed E-state index contributed by atoms with van der Waals surface area (Å²) in [7, 11) is 0.897. The van der Waals surface area contributed by atoms with Gasteiger partial charge in [0.25, 0.3) is 5.91 Å². The summed E-state index contributed by atoms with van der Waals surface area (Å²) in [5, 5.41) is 2.84. The van der Waals surface area contributed by atoms with E-state index in [0.717, 1.165) is 6.42 Å². The Labute approximate surface area is 176 Å². The molecule has 1 fully saturated rings. The zero-order valence-corrected chi connectivity index (χ0v) is 18.1. The molecule has 30 heavy (non-hydrogen) atoms. The van der Waals surface area contributed by atoms with Crippen molar-refractivity contribution in [2.45, 2.75) is 23.8 Å². The minimum atomic E-state index is -3.66. The normalized spacial score (nSPS) is 16.8. The molecule has 0 bridgehead atoms. The molecule has 0 unspecified atom stereocenters. The molecule has 0 aliphatic carbocycles. The number of sulfonamides is 1. The van der Waals surface area contributed by atoms with Crippen molar-refractivity contribution in [1.29, 1.82) is 0 Å². The highest BCUT2D eigenvalue weighted by molar-refractivity contribution is 7.89. The number of carbonyl (C=O) groups is 1. The standard InChI is InChI=1S/C21H26N2O6S/c1-27-17-7-9-18(10-8-17)30(25,26)23-12-4-5-16(23)14-22-21(24)15-6-11-19(28-2)20(13-15)29-3/h6-11,13,16H,4-5,12,14H2,1-3H3,(H,22,24)/t16-/m0/s1. The summed E-state index contributed by atoms with van der Waals surface area (Å²) in [6, 6.07) is 10.9. The molecule has 1 atom stereocenters. The molecule has 3 rings (SSSR count). The number of hydrogen-bond acceptors (Lipinski definition) is 6. The number of ether oxygens (including phenoxy) is 3. The average Bonchev–Trinajstić information content (AvgIpc) is 3.26. The zero-order valence-electron chi connectivity index (χ0n) is 17.3. The first-order valence-corrected chi connectivity index (χ1v) is 11.0. The van der Waals surface area contributed by atoms with Crippen molar-refractivity contribution in [3.8, 4) is 17.2 Å². The maximum Gasteiger partial charge on any atom is 0.251 e. The van der Waals surface area contributed by atoms with Crippen LogP contribution >= 0.6 is 0 Å². The lowest BCUT2D eigenvalue weighted by atomic mass is 10.1. The number of benzene rings is 2. The molecule has 2 aromatic carbocycles. The molecular formula is C21H26N2O6S. The highest BCUT2D eigenvalue weighted by atomic mass is 32.2. The third kappa shape index (κ3) is 4.52. The minimum Gasteiger partial charge on any atom is -0.497 e. The molecule has 0 saturated carbocycles.